The zero-order valence-corrected chi connectivity index (χ0v) is 13.7. The highest BCUT2D eigenvalue weighted by Crippen LogP contribution is 2.51. The molecule has 2 heterocycles. The van der Waals surface area contributed by atoms with E-state index in [-0.39, 0.29) is 4.08 Å². The van der Waals surface area contributed by atoms with Gasteiger partial charge in [-0.15, -0.1) is 23.5 Å². The maximum Gasteiger partial charge on any atom is 0.118 e. The van der Waals surface area contributed by atoms with Crippen LogP contribution in [0.1, 0.15) is 17.7 Å². The van der Waals surface area contributed by atoms with Gasteiger partial charge in [0, 0.05) is 11.9 Å². The second-order valence-electron chi connectivity index (χ2n) is 4.91. The molecule has 1 aromatic carbocycles. The van der Waals surface area contributed by atoms with E-state index < -0.39 is 0 Å². The normalized spacial score (nSPS) is 18.0. The van der Waals surface area contributed by atoms with E-state index >= 15 is 0 Å². The summed E-state index contributed by atoms with van der Waals surface area (Å²) in [5.41, 5.74) is 2.48. The summed E-state index contributed by atoms with van der Waals surface area (Å²) in [5.74, 6) is 3.32. The highest BCUT2D eigenvalue weighted by molar-refractivity contribution is 8.18. The third-order valence-corrected chi connectivity index (χ3v) is 6.81. The molecule has 1 aliphatic rings. The van der Waals surface area contributed by atoms with Crippen LogP contribution < -0.4 is 4.74 Å². The monoisotopic (exact) mass is 317 g/mol. The van der Waals surface area contributed by atoms with Crippen LogP contribution in [0.5, 0.6) is 5.75 Å². The van der Waals surface area contributed by atoms with Crippen molar-refractivity contribution < 1.29 is 4.74 Å². The Bertz CT molecular complexity index is 584. The number of hydrogen-bond acceptors (Lipinski definition) is 3. The zero-order chi connectivity index (χ0) is 14.5. The number of nitrogens with one attached hydrogen (secondary N) is 1. The van der Waals surface area contributed by atoms with Gasteiger partial charge in [0.1, 0.15) is 9.83 Å². The topological polar surface area (TPSA) is 25.0 Å². The Labute approximate surface area is 134 Å². The highest BCUT2D eigenvalue weighted by Gasteiger charge is 2.33. The quantitative estimate of drug-likeness (QED) is 0.880. The Hall–Kier alpha value is -1.26. The van der Waals surface area contributed by atoms with Crippen LogP contribution in [0.2, 0.25) is 0 Å². The minimum Gasteiger partial charge on any atom is -0.497 e. The van der Waals surface area contributed by atoms with E-state index in [1.165, 1.54) is 23.5 Å². The van der Waals surface area contributed by atoms with E-state index in [9.17, 15) is 0 Å². The number of hydrogen-bond donors (Lipinski definition) is 1. The molecule has 1 N–H and O–H groups in total. The Morgan fingerprint density at radius 1 is 1.14 bits per heavy atom. The van der Waals surface area contributed by atoms with Crippen molar-refractivity contribution in [2.45, 2.75) is 10.5 Å². The first kappa shape index (κ1) is 14.7. The number of rotatable bonds is 4. The molecule has 0 radical (unpaired) electrons. The molecule has 2 nitrogen and oxygen atoms in total. The van der Waals surface area contributed by atoms with E-state index in [1.807, 2.05) is 35.8 Å². The molecule has 0 unspecified atom stereocenters. The fraction of sp³-hybridized carbons (Fsp3) is 0.294. The fourth-order valence-electron chi connectivity index (χ4n) is 2.38. The smallest absolute Gasteiger partial charge is 0.118 e. The summed E-state index contributed by atoms with van der Waals surface area (Å²) in [4.78, 5) is 3.24. The lowest BCUT2D eigenvalue weighted by molar-refractivity contribution is 0.414. The summed E-state index contributed by atoms with van der Waals surface area (Å²) in [6.07, 6.45) is 7.76. The van der Waals surface area contributed by atoms with Crippen molar-refractivity contribution in [2.75, 3.05) is 18.6 Å². The minimum atomic E-state index is 0.00955. The van der Waals surface area contributed by atoms with Crippen molar-refractivity contribution in [3.63, 3.8) is 0 Å². The number of ether oxygens (including phenoxy) is 1. The Morgan fingerprint density at radius 2 is 1.90 bits per heavy atom. The van der Waals surface area contributed by atoms with Gasteiger partial charge in [0.05, 0.1) is 7.11 Å². The lowest BCUT2D eigenvalue weighted by Gasteiger charge is -2.34. The third kappa shape index (κ3) is 3.33. The predicted octanol–water partition coefficient (Wildman–Crippen LogP) is 4.76. The van der Waals surface area contributed by atoms with Crippen molar-refractivity contribution in [2.24, 2.45) is 0 Å². The van der Waals surface area contributed by atoms with E-state index in [0.29, 0.717) is 0 Å². The van der Waals surface area contributed by atoms with Crippen LogP contribution in [0.15, 0.2) is 48.7 Å². The van der Waals surface area contributed by atoms with Crippen LogP contribution >= 0.6 is 23.5 Å². The SMILES string of the molecule is COc1ccc(C2(/C=C/c3ccc[nH]3)SCCCS2)cc1. The van der Waals surface area contributed by atoms with Gasteiger partial charge in [-0.25, -0.2) is 0 Å². The molecule has 21 heavy (non-hydrogen) atoms. The summed E-state index contributed by atoms with van der Waals surface area (Å²) in [6, 6.07) is 12.6. The first-order valence-electron chi connectivity index (χ1n) is 7.07. The van der Waals surface area contributed by atoms with Crippen LogP contribution in [0.3, 0.4) is 0 Å². The summed E-state index contributed by atoms with van der Waals surface area (Å²) >= 11 is 4.04. The molecule has 4 heteroatoms. The van der Waals surface area contributed by atoms with Gasteiger partial charge < -0.3 is 9.72 Å². The summed E-state index contributed by atoms with van der Waals surface area (Å²) in [5, 5.41) is 0. The number of methoxy groups -OCH3 is 1. The molecule has 2 aromatic rings. The summed E-state index contributed by atoms with van der Waals surface area (Å²) in [7, 11) is 1.71. The van der Waals surface area contributed by atoms with Crippen LogP contribution in [-0.4, -0.2) is 23.6 Å². The van der Waals surface area contributed by atoms with Crippen molar-refractivity contribution in [3.8, 4) is 5.75 Å². The zero-order valence-electron chi connectivity index (χ0n) is 12.0. The van der Waals surface area contributed by atoms with Crippen molar-refractivity contribution >= 4 is 29.6 Å². The van der Waals surface area contributed by atoms with Gasteiger partial charge in [0.2, 0.25) is 0 Å². The second kappa shape index (κ2) is 6.67. The lowest BCUT2D eigenvalue weighted by atomic mass is 10.1. The Kier molecular flexibility index (Phi) is 4.66. The molecule has 3 rings (SSSR count). The number of aromatic nitrogens is 1. The van der Waals surface area contributed by atoms with E-state index in [1.54, 1.807) is 7.11 Å². The van der Waals surface area contributed by atoms with Gasteiger partial charge in [-0.1, -0.05) is 18.2 Å². The largest absolute Gasteiger partial charge is 0.497 e. The van der Waals surface area contributed by atoms with Crippen LogP contribution in [-0.2, 0) is 4.08 Å². The van der Waals surface area contributed by atoms with Gasteiger partial charge in [-0.05, 0) is 53.8 Å². The summed E-state index contributed by atoms with van der Waals surface area (Å²) < 4.78 is 5.28. The molecule has 0 amide bonds. The first-order chi connectivity index (χ1) is 10.3. The molecule has 0 saturated carbocycles. The number of aromatic amines is 1. The molecule has 1 aromatic heterocycles. The molecular weight excluding hydrogens is 298 g/mol. The van der Waals surface area contributed by atoms with E-state index in [2.05, 4.69) is 47.5 Å². The molecule has 110 valence electrons. The van der Waals surface area contributed by atoms with E-state index in [0.717, 1.165) is 11.4 Å². The van der Waals surface area contributed by atoms with Gasteiger partial charge >= 0.3 is 0 Å². The number of benzene rings is 1. The lowest BCUT2D eigenvalue weighted by Crippen LogP contribution is -2.20. The van der Waals surface area contributed by atoms with Crippen LogP contribution in [0, 0.1) is 0 Å². The average molecular weight is 317 g/mol. The van der Waals surface area contributed by atoms with Crippen molar-refractivity contribution in [1.29, 1.82) is 0 Å². The maximum absolute atomic E-state index is 5.27. The molecule has 0 spiro atoms. The Morgan fingerprint density at radius 3 is 2.52 bits per heavy atom. The molecule has 0 atom stereocenters. The van der Waals surface area contributed by atoms with Crippen molar-refractivity contribution in [1.82, 2.24) is 4.98 Å². The van der Waals surface area contributed by atoms with Gasteiger partial charge in [-0.2, -0.15) is 0 Å². The highest BCUT2D eigenvalue weighted by atomic mass is 32.2. The third-order valence-electron chi connectivity index (χ3n) is 3.52. The van der Waals surface area contributed by atoms with Crippen molar-refractivity contribution in [3.05, 3.63) is 59.9 Å². The molecule has 0 bridgehead atoms. The number of thioether (sulfide) groups is 2. The number of H-pyrrole nitrogens is 1. The molecule has 1 saturated heterocycles. The average Bonchev–Trinajstić information content (AvgIpc) is 3.07. The van der Waals surface area contributed by atoms with Crippen LogP contribution in [0.25, 0.3) is 6.08 Å². The molecule has 0 aliphatic carbocycles. The van der Waals surface area contributed by atoms with Crippen LogP contribution in [0.4, 0.5) is 0 Å². The Balaban J connectivity index is 1.91. The second-order valence-corrected chi connectivity index (χ2v) is 7.85. The van der Waals surface area contributed by atoms with Gasteiger partial charge in [-0.3, -0.25) is 0 Å². The minimum absolute atomic E-state index is 0.00955. The van der Waals surface area contributed by atoms with E-state index in [4.69, 9.17) is 4.74 Å². The fourth-order valence-corrected chi connectivity index (χ4v) is 5.51. The molecule has 1 fully saturated rings. The van der Waals surface area contributed by atoms with Gasteiger partial charge in [0.25, 0.3) is 0 Å². The van der Waals surface area contributed by atoms with Gasteiger partial charge in [0.15, 0.2) is 0 Å². The molecule has 1 aliphatic heterocycles. The first-order valence-corrected chi connectivity index (χ1v) is 9.05. The maximum atomic E-state index is 5.27. The molecular formula is C17H19NOS2. The standard InChI is InChI=1S/C17H19NOS2/c1-19-16-7-5-14(6-8-16)17(20-12-3-13-21-17)10-9-15-4-2-11-18-15/h2,4-11,18H,3,12-13H2,1H3/b10-9+. The summed E-state index contributed by atoms with van der Waals surface area (Å²) in [6.45, 7) is 0. The predicted molar refractivity (Wildman–Crippen MR) is 94.0 cm³/mol.